The molecule has 4 nitrogen and oxygen atoms in total. The SMILES string of the molecule is O=S(=O)(CCO)Nc1ccccc1C(F)(F)F. The molecule has 0 saturated heterocycles. The van der Waals surface area contributed by atoms with Gasteiger partial charge < -0.3 is 5.11 Å². The van der Waals surface area contributed by atoms with Gasteiger partial charge in [0.15, 0.2) is 0 Å². The van der Waals surface area contributed by atoms with Crippen molar-refractivity contribution in [3.05, 3.63) is 29.8 Å². The quantitative estimate of drug-likeness (QED) is 0.869. The summed E-state index contributed by atoms with van der Waals surface area (Å²) in [7, 11) is -3.97. The molecule has 0 radical (unpaired) electrons. The molecule has 0 bridgehead atoms. The van der Waals surface area contributed by atoms with Crippen LogP contribution in [0.3, 0.4) is 0 Å². The maximum Gasteiger partial charge on any atom is 0.418 e. The Bertz CT molecular complexity index is 485. The van der Waals surface area contributed by atoms with Crippen molar-refractivity contribution in [3.63, 3.8) is 0 Å². The van der Waals surface area contributed by atoms with Gasteiger partial charge in [-0.1, -0.05) is 12.1 Å². The van der Waals surface area contributed by atoms with Gasteiger partial charge in [0.2, 0.25) is 10.0 Å². The zero-order chi connectivity index (χ0) is 13.1. The van der Waals surface area contributed by atoms with Crippen molar-refractivity contribution in [1.82, 2.24) is 0 Å². The van der Waals surface area contributed by atoms with Gasteiger partial charge in [-0.3, -0.25) is 4.72 Å². The Morgan fingerprint density at radius 3 is 2.35 bits per heavy atom. The van der Waals surface area contributed by atoms with Crippen LogP contribution in [0.2, 0.25) is 0 Å². The Balaban J connectivity index is 3.08. The zero-order valence-electron chi connectivity index (χ0n) is 8.53. The highest BCUT2D eigenvalue weighted by molar-refractivity contribution is 7.92. The highest BCUT2D eigenvalue weighted by Gasteiger charge is 2.34. The van der Waals surface area contributed by atoms with Crippen molar-refractivity contribution in [2.75, 3.05) is 17.1 Å². The first kappa shape index (κ1) is 13.8. The van der Waals surface area contributed by atoms with E-state index in [0.29, 0.717) is 0 Å². The average molecular weight is 269 g/mol. The lowest BCUT2D eigenvalue weighted by Gasteiger charge is -2.13. The van der Waals surface area contributed by atoms with E-state index in [4.69, 9.17) is 5.11 Å². The number of aliphatic hydroxyl groups excluding tert-OH is 1. The number of para-hydroxylation sites is 1. The molecule has 17 heavy (non-hydrogen) atoms. The van der Waals surface area contributed by atoms with Crippen LogP contribution in [0.15, 0.2) is 24.3 Å². The molecule has 0 aliphatic carbocycles. The van der Waals surface area contributed by atoms with Crippen LogP contribution in [-0.2, 0) is 16.2 Å². The van der Waals surface area contributed by atoms with Gasteiger partial charge in [-0.05, 0) is 12.1 Å². The molecule has 96 valence electrons. The first-order valence-electron chi connectivity index (χ1n) is 4.54. The maximum absolute atomic E-state index is 12.5. The predicted molar refractivity (Wildman–Crippen MR) is 55.9 cm³/mol. The molecule has 0 heterocycles. The van der Waals surface area contributed by atoms with Crippen molar-refractivity contribution in [2.24, 2.45) is 0 Å². The van der Waals surface area contributed by atoms with Crippen LogP contribution in [0, 0.1) is 0 Å². The summed E-state index contributed by atoms with van der Waals surface area (Å²) >= 11 is 0. The standard InChI is InChI=1S/C9H10F3NO3S/c10-9(11,12)7-3-1-2-4-8(7)13-17(15,16)6-5-14/h1-4,13-14H,5-6H2. The Labute approximate surface area is 96.1 Å². The summed E-state index contributed by atoms with van der Waals surface area (Å²) in [6.45, 7) is -0.663. The maximum atomic E-state index is 12.5. The molecule has 0 aromatic heterocycles. The number of alkyl halides is 3. The van der Waals surface area contributed by atoms with Gasteiger partial charge in [0, 0.05) is 0 Å². The Kier molecular flexibility index (Phi) is 3.99. The first-order valence-corrected chi connectivity index (χ1v) is 6.19. The number of rotatable bonds is 4. The van der Waals surface area contributed by atoms with E-state index in [1.54, 1.807) is 4.72 Å². The number of halogens is 3. The highest BCUT2D eigenvalue weighted by Crippen LogP contribution is 2.34. The van der Waals surface area contributed by atoms with Crippen LogP contribution in [0.5, 0.6) is 0 Å². The molecule has 8 heteroatoms. The third kappa shape index (κ3) is 3.90. The Morgan fingerprint density at radius 1 is 1.24 bits per heavy atom. The van der Waals surface area contributed by atoms with Gasteiger partial charge in [-0.15, -0.1) is 0 Å². The van der Waals surface area contributed by atoms with Crippen LogP contribution in [0.25, 0.3) is 0 Å². The fourth-order valence-corrected chi connectivity index (χ4v) is 2.01. The molecule has 0 fully saturated rings. The van der Waals surface area contributed by atoms with Crippen LogP contribution in [-0.4, -0.2) is 25.9 Å². The molecular formula is C9H10F3NO3S. The van der Waals surface area contributed by atoms with E-state index in [0.717, 1.165) is 18.2 Å². The molecule has 0 saturated carbocycles. The van der Waals surface area contributed by atoms with E-state index in [1.807, 2.05) is 0 Å². The van der Waals surface area contributed by atoms with Crippen molar-refractivity contribution in [1.29, 1.82) is 0 Å². The van der Waals surface area contributed by atoms with Crippen molar-refractivity contribution in [2.45, 2.75) is 6.18 Å². The molecule has 1 aromatic carbocycles. The minimum atomic E-state index is -4.64. The monoisotopic (exact) mass is 269 g/mol. The second kappa shape index (κ2) is 4.92. The van der Waals surface area contributed by atoms with Gasteiger partial charge >= 0.3 is 6.18 Å². The summed E-state index contributed by atoms with van der Waals surface area (Å²) in [5, 5.41) is 8.47. The van der Waals surface area contributed by atoms with Gasteiger partial charge in [-0.2, -0.15) is 13.2 Å². The first-order chi connectivity index (χ1) is 7.76. The molecule has 0 aliphatic heterocycles. The largest absolute Gasteiger partial charge is 0.418 e. The highest BCUT2D eigenvalue weighted by atomic mass is 32.2. The number of hydrogen-bond donors (Lipinski definition) is 2. The van der Waals surface area contributed by atoms with Gasteiger partial charge in [0.1, 0.15) is 0 Å². The molecule has 0 unspecified atom stereocenters. The van der Waals surface area contributed by atoms with Crippen LogP contribution in [0.1, 0.15) is 5.56 Å². The summed E-state index contributed by atoms with van der Waals surface area (Å²) < 4.78 is 61.8. The fourth-order valence-electron chi connectivity index (χ4n) is 1.16. The minimum absolute atomic E-state index is 0.548. The smallest absolute Gasteiger partial charge is 0.395 e. The van der Waals surface area contributed by atoms with Crippen molar-refractivity contribution >= 4 is 15.7 Å². The second-order valence-corrected chi connectivity index (χ2v) is 5.03. The van der Waals surface area contributed by atoms with Crippen LogP contribution in [0.4, 0.5) is 18.9 Å². The van der Waals surface area contributed by atoms with E-state index < -0.39 is 39.8 Å². The summed E-state index contributed by atoms with van der Waals surface area (Å²) in [5.74, 6) is -0.654. The molecule has 0 spiro atoms. The second-order valence-electron chi connectivity index (χ2n) is 3.19. The van der Waals surface area contributed by atoms with E-state index >= 15 is 0 Å². The molecule has 0 aliphatic rings. The fraction of sp³-hybridized carbons (Fsp3) is 0.333. The van der Waals surface area contributed by atoms with E-state index in [2.05, 4.69) is 0 Å². The Morgan fingerprint density at radius 2 is 1.82 bits per heavy atom. The number of anilines is 1. The number of nitrogens with one attached hydrogen (secondary N) is 1. The summed E-state index contributed by atoms with van der Waals surface area (Å²) in [4.78, 5) is 0. The van der Waals surface area contributed by atoms with Crippen LogP contribution < -0.4 is 4.72 Å². The normalized spacial score (nSPS) is 12.5. The zero-order valence-corrected chi connectivity index (χ0v) is 9.35. The summed E-state index contributed by atoms with van der Waals surface area (Å²) in [5.41, 5.74) is -1.62. The molecular weight excluding hydrogens is 259 g/mol. The lowest BCUT2D eigenvalue weighted by molar-refractivity contribution is -0.136. The average Bonchev–Trinajstić information content (AvgIpc) is 2.15. The minimum Gasteiger partial charge on any atom is -0.395 e. The lowest BCUT2D eigenvalue weighted by atomic mass is 10.2. The van der Waals surface area contributed by atoms with Crippen molar-refractivity contribution in [3.8, 4) is 0 Å². The number of benzene rings is 1. The topological polar surface area (TPSA) is 66.4 Å². The van der Waals surface area contributed by atoms with Crippen LogP contribution >= 0.6 is 0 Å². The molecule has 1 rings (SSSR count). The number of hydrogen-bond acceptors (Lipinski definition) is 3. The number of sulfonamides is 1. The van der Waals surface area contributed by atoms with Gasteiger partial charge in [-0.25, -0.2) is 8.42 Å². The summed E-state index contributed by atoms with van der Waals surface area (Å²) in [6.07, 6.45) is -4.64. The third-order valence-electron chi connectivity index (χ3n) is 1.86. The molecule has 1 aromatic rings. The predicted octanol–water partition coefficient (Wildman–Crippen LogP) is 1.44. The van der Waals surface area contributed by atoms with E-state index in [-0.39, 0.29) is 0 Å². The summed E-state index contributed by atoms with van der Waals surface area (Å²) in [6, 6.07) is 4.23. The molecule has 0 amide bonds. The van der Waals surface area contributed by atoms with E-state index in [1.165, 1.54) is 6.07 Å². The van der Waals surface area contributed by atoms with Gasteiger partial charge in [0.25, 0.3) is 0 Å². The third-order valence-corrected chi connectivity index (χ3v) is 3.11. The van der Waals surface area contributed by atoms with Gasteiger partial charge in [0.05, 0.1) is 23.6 Å². The lowest BCUT2D eigenvalue weighted by Crippen LogP contribution is -2.21. The van der Waals surface area contributed by atoms with E-state index in [9.17, 15) is 21.6 Å². The number of aliphatic hydroxyl groups is 1. The Hall–Kier alpha value is -1.28. The molecule has 0 atom stereocenters. The molecule has 2 N–H and O–H groups in total. The van der Waals surface area contributed by atoms with Crippen molar-refractivity contribution < 1.29 is 26.7 Å².